The Morgan fingerprint density at radius 1 is 1.03 bits per heavy atom. The molecule has 35 heavy (non-hydrogen) atoms. The molecule has 0 radical (unpaired) electrons. The first-order valence-corrected chi connectivity index (χ1v) is 12.3. The number of rotatable bonds is 8. The highest BCUT2D eigenvalue weighted by Crippen LogP contribution is 2.28. The van der Waals surface area contributed by atoms with E-state index in [1.54, 1.807) is 6.21 Å². The Morgan fingerprint density at radius 3 is 2.46 bits per heavy atom. The van der Waals surface area contributed by atoms with Crippen LogP contribution in [0.3, 0.4) is 0 Å². The fourth-order valence-corrected chi connectivity index (χ4v) is 4.16. The minimum atomic E-state index is -0.231. The second-order valence-corrected chi connectivity index (χ2v) is 9.24. The van der Waals surface area contributed by atoms with Gasteiger partial charge in [-0.1, -0.05) is 77.5 Å². The number of carbonyl (C=O) groups excluding carboxylic acids is 1. The van der Waals surface area contributed by atoms with Crippen LogP contribution >= 0.6 is 23.4 Å². The van der Waals surface area contributed by atoms with Crippen molar-refractivity contribution >= 4 is 41.6 Å². The van der Waals surface area contributed by atoms with Crippen LogP contribution in [0.4, 0.5) is 0 Å². The molecule has 0 spiro atoms. The van der Waals surface area contributed by atoms with Crippen molar-refractivity contribution in [2.24, 2.45) is 5.10 Å². The van der Waals surface area contributed by atoms with Gasteiger partial charge in [0, 0.05) is 16.3 Å². The van der Waals surface area contributed by atoms with Crippen molar-refractivity contribution in [3.05, 3.63) is 101 Å². The van der Waals surface area contributed by atoms with Crippen molar-refractivity contribution < 1.29 is 4.79 Å². The van der Waals surface area contributed by atoms with Crippen molar-refractivity contribution in [2.75, 3.05) is 5.75 Å². The van der Waals surface area contributed by atoms with Gasteiger partial charge in [-0.3, -0.25) is 9.36 Å². The number of nitrogens with one attached hydrogen (secondary N) is 1. The molecule has 1 N–H and O–H groups in total. The highest BCUT2D eigenvalue weighted by atomic mass is 35.5. The number of halogens is 1. The van der Waals surface area contributed by atoms with Crippen LogP contribution < -0.4 is 5.43 Å². The Balaban J connectivity index is 1.47. The smallest absolute Gasteiger partial charge is 0.250 e. The average Bonchev–Trinajstić information content (AvgIpc) is 3.28. The molecule has 0 aliphatic rings. The first-order valence-electron chi connectivity index (χ1n) is 11.0. The maximum absolute atomic E-state index is 12.4. The van der Waals surface area contributed by atoms with E-state index in [2.05, 4.69) is 20.7 Å². The van der Waals surface area contributed by atoms with E-state index >= 15 is 0 Å². The summed E-state index contributed by atoms with van der Waals surface area (Å²) in [7, 11) is 0. The number of hydrogen-bond donors (Lipinski definition) is 1. The van der Waals surface area contributed by atoms with Gasteiger partial charge in [-0.15, -0.1) is 10.2 Å². The van der Waals surface area contributed by atoms with E-state index < -0.39 is 0 Å². The number of aromatic nitrogens is 3. The average molecular weight is 502 g/mol. The Morgan fingerprint density at radius 2 is 1.74 bits per heavy atom. The third-order valence-corrected chi connectivity index (χ3v) is 6.19. The normalized spacial score (nSPS) is 11.7. The van der Waals surface area contributed by atoms with E-state index in [1.165, 1.54) is 11.8 Å². The summed E-state index contributed by atoms with van der Waals surface area (Å²) in [5.41, 5.74) is 7.52. The molecular formula is C27H24ClN5OS. The molecule has 1 aromatic heterocycles. The summed E-state index contributed by atoms with van der Waals surface area (Å²) in [5.74, 6) is 0.585. The van der Waals surface area contributed by atoms with Crippen LogP contribution in [0, 0.1) is 6.92 Å². The molecule has 0 aliphatic heterocycles. The molecule has 1 amide bonds. The zero-order valence-electron chi connectivity index (χ0n) is 19.4. The van der Waals surface area contributed by atoms with Crippen LogP contribution in [0.2, 0.25) is 5.02 Å². The van der Waals surface area contributed by atoms with Gasteiger partial charge in [0.15, 0.2) is 11.0 Å². The largest absolute Gasteiger partial charge is 0.272 e. The van der Waals surface area contributed by atoms with Gasteiger partial charge < -0.3 is 0 Å². The molecule has 4 rings (SSSR count). The second kappa shape index (κ2) is 11.6. The fourth-order valence-electron chi connectivity index (χ4n) is 3.29. The molecular weight excluding hydrogens is 478 g/mol. The molecule has 0 saturated carbocycles. The molecule has 0 fully saturated rings. The van der Waals surface area contributed by atoms with E-state index in [4.69, 9.17) is 11.6 Å². The van der Waals surface area contributed by atoms with Gasteiger partial charge >= 0.3 is 0 Å². The van der Waals surface area contributed by atoms with Gasteiger partial charge in [-0.25, -0.2) is 5.43 Å². The van der Waals surface area contributed by atoms with Gasteiger partial charge in [0.05, 0.1) is 12.0 Å². The first kappa shape index (κ1) is 24.4. The Bertz CT molecular complexity index is 1350. The number of thioether (sulfide) groups is 1. The minimum absolute atomic E-state index is 0.142. The van der Waals surface area contributed by atoms with E-state index in [9.17, 15) is 4.79 Å². The highest BCUT2D eigenvalue weighted by molar-refractivity contribution is 7.99. The lowest BCUT2D eigenvalue weighted by atomic mass is 10.1. The molecule has 8 heteroatoms. The summed E-state index contributed by atoms with van der Waals surface area (Å²) in [6.07, 6.45) is 3.62. The summed E-state index contributed by atoms with van der Waals surface area (Å²) in [6, 6.07) is 25.4. The van der Waals surface area contributed by atoms with Gasteiger partial charge in [0.25, 0.3) is 5.91 Å². The van der Waals surface area contributed by atoms with Crippen LogP contribution in [0.25, 0.3) is 23.2 Å². The first-order chi connectivity index (χ1) is 17.0. The predicted molar refractivity (Wildman–Crippen MR) is 144 cm³/mol. The van der Waals surface area contributed by atoms with Crippen LogP contribution in [-0.2, 0) is 4.79 Å². The topological polar surface area (TPSA) is 72.2 Å². The van der Waals surface area contributed by atoms with Crippen molar-refractivity contribution in [3.63, 3.8) is 0 Å². The molecule has 0 saturated heterocycles. The monoisotopic (exact) mass is 501 g/mol. The maximum Gasteiger partial charge on any atom is 0.250 e. The van der Waals surface area contributed by atoms with Crippen LogP contribution in [0.5, 0.6) is 0 Å². The third kappa shape index (κ3) is 6.68. The van der Waals surface area contributed by atoms with Crippen molar-refractivity contribution in [2.45, 2.75) is 19.0 Å². The standard InChI is InChI=1S/C27H24ClN5OS/c1-19-8-14-24(15-9-19)33-26(22-10-12-23(28)13-11-22)31-32-27(33)35-18-25(34)30-29-17-20(2)16-21-6-4-3-5-7-21/h3-17H,18H2,1-2H3,(H,30,34)/b20-16+,29-17?. The minimum Gasteiger partial charge on any atom is -0.272 e. The van der Waals surface area contributed by atoms with Crippen LogP contribution in [-0.4, -0.2) is 32.6 Å². The number of benzene rings is 3. The van der Waals surface area contributed by atoms with Crippen LogP contribution in [0.1, 0.15) is 18.1 Å². The van der Waals surface area contributed by atoms with Gasteiger partial charge in [0.1, 0.15) is 0 Å². The lowest BCUT2D eigenvalue weighted by Crippen LogP contribution is -2.20. The molecule has 0 unspecified atom stereocenters. The zero-order valence-corrected chi connectivity index (χ0v) is 20.9. The summed E-state index contributed by atoms with van der Waals surface area (Å²) >= 11 is 7.36. The Labute approximate surface area is 213 Å². The zero-order chi connectivity index (χ0) is 24.6. The Hall–Kier alpha value is -3.68. The lowest BCUT2D eigenvalue weighted by molar-refractivity contribution is -0.118. The van der Waals surface area contributed by atoms with Crippen molar-refractivity contribution in [1.29, 1.82) is 0 Å². The van der Waals surface area contributed by atoms with E-state index in [1.807, 2.05) is 103 Å². The number of allylic oxidation sites excluding steroid dienone is 1. The summed E-state index contributed by atoms with van der Waals surface area (Å²) < 4.78 is 1.94. The van der Waals surface area contributed by atoms with E-state index in [-0.39, 0.29) is 11.7 Å². The predicted octanol–water partition coefficient (Wildman–Crippen LogP) is 6.19. The third-order valence-electron chi connectivity index (χ3n) is 5.01. The summed E-state index contributed by atoms with van der Waals surface area (Å²) in [5, 5.41) is 14.1. The number of amides is 1. The Kier molecular flexibility index (Phi) is 8.13. The number of hydrogen-bond acceptors (Lipinski definition) is 5. The van der Waals surface area contributed by atoms with Gasteiger partial charge in [-0.05, 0) is 61.4 Å². The molecule has 176 valence electrons. The molecule has 0 bridgehead atoms. The quantitative estimate of drug-likeness (QED) is 0.177. The van der Waals surface area contributed by atoms with E-state index in [0.29, 0.717) is 16.0 Å². The van der Waals surface area contributed by atoms with Crippen molar-refractivity contribution in [3.8, 4) is 17.1 Å². The van der Waals surface area contributed by atoms with Gasteiger partial charge in [0.2, 0.25) is 0 Å². The molecule has 3 aromatic carbocycles. The number of nitrogens with zero attached hydrogens (tertiary/aromatic N) is 4. The van der Waals surface area contributed by atoms with E-state index in [0.717, 1.165) is 28.0 Å². The van der Waals surface area contributed by atoms with Crippen LogP contribution in [0.15, 0.2) is 94.7 Å². The molecule has 1 heterocycles. The molecule has 6 nitrogen and oxygen atoms in total. The second-order valence-electron chi connectivity index (χ2n) is 7.86. The summed E-state index contributed by atoms with van der Waals surface area (Å²) in [6.45, 7) is 3.97. The van der Waals surface area contributed by atoms with Gasteiger partial charge in [-0.2, -0.15) is 5.10 Å². The molecule has 0 atom stereocenters. The number of carbonyl (C=O) groups is 1. The lowest BCUT2D eigenvalue weighted by Gasteiger charge is -2.10. The molecule has 4 aromatic rings. The van der Waals surface area contributed by atoms with Crippen molar-refractivity contribution in [1.82, 2.24) is 20.2 Å². The molecule has 0 aliphatic carbocycles. The SMILES string of the molecule is C/C(C=NNC(=O)CSc1nnc(-c2ccc(Cl)cc2)n1-c1ccc(C)cc1)=C\c1ccccc1. The summed E-state index contributed by atoms with van der Waals surface area (Å²) in [4.78, 5) is 12.4. The fraction of sp³-hybridized carbons (Fsp3) is 0.111. The number of hydrazone groups is 1. The number of aryl methyl sites for hydroxylation is 1. The highest BCUT2D eigenvalue weighted by Gasteiger charge is 2.17. The maximum atomic E-state index is 12.4.